The SMILES string of the molecule is NC(c1nccs1)c1ncc(Cl)s1. The first-order valence-electron chi connectivity index (χ1n) is 3.53. The second kappa shape index (κ2) is 3.71. The van der Waals surface area contributed by atoms with Crippen molar-refractivity contribution in [2.75, 3.05) is 0 Å². The summed E-state index contributed by atoms with van der Waals surface area (Å²) in [4.78, 5) is 8.22. The molecule has 0 aliphatic carbocycles. The van der Waals surface area contributed by atoms with Gasteiger partial charge in [-0.25, -0.2) is 9.97 Å². The van der Waals surface area contributed by atoms with E-state index in [-0.39, 0.29) is 6.04 Å². The molecule has 1 atom stereocenters. The molecule has 2 N–H and O–H groups in total. The largest absolute Gasteiger partial charge is 0.316 e. The molecular formula is C7H6ClN3S2. The minimum absolute atomic E-state index is 0.238. The standard InChI is InChI=1S/C7H6ClN3S2/c8-4-3-11-7(13-4)5(9)6-10-1-2-12-6/h1-3,5H,9H2. The third kappa shape index (κ3) is 1.88. The first-order valence-corrected chi connectivity index (χ1v) is 5.61. The Balaban J connectivity index is 2.28. The summed E-state index contributed by atoms with van der Waals surface area (Å²) in [5, 5.41) is 3.57. The predicted molar refractivity (Wildman–Crippen MR) is 55.3 cm³/mol. The fourth-order valence-electron chi connectivity index (χ4n) is 0.904. The second-order valence-corrected chi connectivity index (χ2v) is 4.97. The number of hydrogen-bond donors (Lipinski definition) is 1. The van der Waals surface area contributed by atoms with Gasteiger partial charge in [-0.2, -0.15) is 0 Å². The molecular weight excluding hydrogens is 226 g/mol. The molecule has 2 aromatic rings. The Morgan fingerprint density at radius 2 is 2.23 bits per heavy atom. The van der Waals surface area contributed by atoms with Crippen LogP contribution in [-0.4, -0.2) is 9.97 Å². The van der Waals surface area contributed by atoms with E-state index in [1.54, 1.807) is 12.4 Å². The Morgan fingerprint density at radius 3 is 2.77 bits per heavy atom. The summed E-state index contributed by atoms with van der Waals surface area (Å²) >= 11 is 8.66. The zero-order chi connectivity index (χ0) is 9.26. The highest BCUT2D eigenvalue weighted by Gasteiger charge is 2.14. The molecule has 0 spiro atoms. The van der Waals surface area contributed by atoms with Crippen molar-refractivity contribution in [2.24, 2.45) is 5.73 Å². The molecule has 2 heterocycles. The van der Waals surface area contributed by atoms with Crippen LogP contribution in [0.15, 0.2) is 17.8 Å². The normalized spacial score (nSPS) is 13.1. The number of nitrogens with zero attached hydrogens (tertiary/aromatic N) is 2. The monoisotopic (exact) mass is 231 g/mol. The Morgan fingerprint density at radius 1 is 1.38 bits per heavy atom. The summed E-state index contributed by atoms with van der Waals surface area (Å²) in [6.07, 6.45) is 3.34. The molecule has 68 valence electrons. The molecule has 3 nitrogen and oxygen atoms in total. The Kier molecular flexibility index (Phi) is 2.59. The van der Waals surface area contributed by atoms with E-state index in [4.69, 9.17) is 17.3 Å². The molecule has 0 aromatic carbocycles. The number of rotatable bonds is 2. The maximum Gasteiger partial charge on any atom is 0.118 e. The van der Waals surface area contributed by atoms with Gasteiger partial charge in [-0.1, -0.05) is 11.6 Å². The zero-order valence-electron chi connectivity index (χ0n) is 6.48. The molecule has 6 heteroatoms. The van der Waals surface area contributed by atoms with Crippen LogP contribution in [0.5, 0.6) is 0 Å². The lowest BCUT2D eigenvalue weighted by Crippen LogP contribution is -2.10. The highest BCUT2D eigenvalue weighted by Crippen LogP contribution is 2.27. The van der Waals surface area contributed by atoms with Crippen molar-refractivity contribution in [3.8, 4) is 0 Å². The highest BCUT2D eigenvalue weighted by atomic mass is 35.5. The van der Waals surface area contributed by atoms with E-state index in [0.717, 1.165) is 10.0 Å². The molecule has 2 aromatic heterocycles. The quantitative estimate of drug-likeness (QED) is 0.863. The van der Waals surface area contributed by atoms with Crippen LogP contribution in [0, 0.1) is 0 Å². The van der Waals surface area contributed by atoms with E-state index < -0.39 is 0 Å². The van der Waals surface area contributed by atoms with Crippen molar-refractivity contribution in [3.05, 3.63) is 32.1 Å². The summed E-state index contributed by atoms with van der Waals surface area (Å²) < 4.78 is 0.655. The summed E-state index contributed by atoms with van der Waals surface area (Å²) in [5.41, 5.74) is 5.91. The summed E-state index contributed by atoms with van der Waals surface area (Å²) in [5.74, 6) is 0. The average Bonchev–Trinajstić information content (AvgIpc) is 2.72. The highest BCUT2D eigenvalue weighted by molar-refractivity contribution is 7.16. The lowest BCUT2D eigenvalue weighted by Gasteiger charge is -2.02. The smallest absolute Gasteiger partial charge is 0.118 e. The van der Waals surface area contributed by atoms with Gasteiger partial charge in [0.25, 0.3) is 0 Å². The van der Waals surface area contributed by atoms with Crippen LogP contribution in [0.3, 0.4) is 0 Å². The van der Waals surface area contributed by atoms with Crippen molar-refractivity contribution >= 4 is 34.3 Å². The van der Waals surface area contributed by atoms with Crippen LogP contribution >= 0.6 is 34.3 Å². The topological polar surface area (TPSA) is 51.8 Å². The van der Waals surface area contributed by atoms with Gasteiger partial charge in [0.1, 0.15) is 20.4 Å². The molecule has 0 fully saturated rings. The number of halogens is 1. The fourth-order valence-corrected chi connectivity index (χ4v) is 2.56. The summed E-state index contributed by atoms with van der Waals surface area (Å²) in [6.45, 7) is 0. The van der Waals surface area contributed by atoms with Gasteiger partial charge in [0.05, 0.1) is 6.20 Å². The lowest BCUT2D eigenvalue weighted by molar-refractivity contribution is 0.845. The maximum atomic E-state index is 5.91. The third-order valence-electron chi connectivity index (χ3n) is 1.48. The fraction of sp³-hybridized carbons (Fsp3) is 0.143. The van der Waals surface area contributed by atoms with E-state index in [9.17, 15) is 0 Å². The van der Waals surface area contributed by atoms with Crippen molar-refractivity contribution in [2.45, 2.75) is 6.04 Å². The molecule has 0 amide bonds. The van der Waals surface area contributed by atoms with Gasteiger partial charge in [-0.3, -0.25) is 0 Å². The van der Waals surface area contributed by atoms with E-state index in [0.29, 0.717) is 4.34 Å². The maximum absolute atomic E-state index is 5.91. The molecule has 0 radical (unpaired) electrons. The number of nitrogens with two attached hydrogens (primary N) is 1. The Bertz CT molecular complexity index is 384. The van der Waals surface area contributed by atoms with E-state index in [1.807, 2.05) is 5.38 Å². The van der Waals surface area contributed by atoms with E-state index >= 15 is 0 Å². The van der Waals surface area contributed by atoms with Gasteiger partial charge in [0.2, 0.25) is 0 Å². The summed E-state index contributed by atoms with van der Waals surface area (Å²) in [6, 6.07) is -0.238. The van der Waals surface area contributed by atoms with Crippen LogP contribution in [-0.2, 0) is 0 Å². The van der Waals surface area contributed by atoms with Gasteiger partial charge in [-0.15, -0.1) is 22.7 Å². The molecule has 13 heavy (non-hydrogen) atoms. The number of aromatic nitrogens is 2. The number of hydrogen-bond acceptors (Lipinski definition) is 5. The van der Waals surface area contributed by atoms with Crippen LogP contribution in [0.4, 0.5) is 0 Å². The predicted octanol–water partition coefficient (Wildman–Crippen LogP) is 2.30. The van der Waals surface area contributed by atoms with Gasteiger partial charge in [0, 0.05) is 11.6 Å². The summed E-state index contributed by atoms with van der Waals surface area (Å²) in [7, 11) is 0. The molecule has 0 aliphatic heterocycles. The minimum atomic E-state index is -0.238. The first-order chi connectivity index (χ1) is 6.27. The van der Waals surface area contributed by atoms with Gasteiger partial charge >= 0.3 is 0 Å². The van der Waals surface area contributed by atoms with Gasteiger partial charge < -0.3 is 5.73 Å². The van der Waals surface area contributed by atoms with Crippen LogP contribution in [0.25, 0.3) is 0 Å². The Labute approximate surface area is 88.2 Å². The van der Waals surface area contributed by atoms with E-state index in [1.165, 1.54) is 22.7 Å². The van der Waals surface area contributed by atoms with Crippen LogP contribution in [0.1, 0.15) is 16.1 Å². The van der Waals surface area contributed by atoms with Gasteiger partial charge in [-0.05, 0) is 0 Å². The third-order valence-corrected chi connectivity index (χ3v) is 3.54. The van der Waals surface area contributed by atoms with Crippen LogP contribution < -0.4 is 5.73 Å². The van der Waals surface area contributed by atoms with Crippen molar-refractivity contribution in [1.29, 1.82) is 0 Å². The molecule has 0 saturated carbocycles. The molecule has 1 unspecified atom stereocenters. The minimum Gasteiger partial charge on any atom is -0.316 e. The first kappa shape index (κ1) is 9.08. The van der Waals surface area contributed by atoms with Crippen molar-refractivity contribution in [1.82, 2.24) is 9.97 Å². The van der Waals surface area contributed by atoms with Crippen LogP contribution in [0.2, 0.25) is 4.34 Å². The van der Waals surface area contributed by atoms with E-state index in [2.05, 4.69) is 9.97 Å². The second-order valence-electron chi connectivity index (χ2n) is 2.35. The van der Waals surface area contributed by atoms with Crippen molar-refractivity contribution < 1.29 is 0 Å². The average molecular weight is 232 g/mol. The van der Waals surface area contributed by atoms with Crippen molar-refractivity contribution in [3.63, 3.8) is 0 Å². The molecule has 0 bridgehead atoms. The molecule has 0 aliphatic rings. The van der Waals surface area contributed by atoms with Gasteiger partial charge in [0.15, 0.2) is 0 Å². The molecule has 0 saturated heterocycles. The zero-order valence-corrected chi connectivity index (χ0v) is 8.86. The molecule has 2 rings (SSSR count). The Hall–Kier alpha value is -0.490. The number of thiazole rings is 2. The lowest BCUT2D eigenvalue weighted by atomic mass is 10.3.